The molecule has 0 aliphatic carbocycles. The Morgan fingerprint density at radius 1 is 1.53 bits per heavy atom. The zero-order valence-corrected chi connectivity index (χ0v) is 12.8. The van der Waals surface area contributed by atoms with Gasteiger partial charge >= 0.3 is 0 Å². The van der Waals surface area contributed by atoms with E-state index in [1.807, 2.05) is 13.0 Å². The summed E-state index contributed by atoms with van der Waals surface area (Å²) in [6.07, 6.45) is 0.975. The Morgan fingerprint density at radius 2 is 2.26 bits per heavy atom. The molecular formula is C13H14BrClN2O2. The van der Waals surface area contributed by atoms with Gasteiger partial charge in [0.2, 0.25) is 11.8 Å². The number of piperidine rings is 1. The number of amides is 2. The van der Waals surface area contributed by atoms with Crippen LogP contribution in [-0.4, -0.2) is 18.4 Å². The SMILES string of the molecule is Cc1cc(Br)c(NC(=O)C2CCC(=O)NC2)cc1Cl. The van der Waals surface area contributed by atoms with Crippen molar-refractivity contribution >= 4 is 45.0 Å². The van der Waals surface area contributed by atoms with E-state index < -0.39 is 0 Å². The Labute approximate surface area is 125 Å². The molecule has 102 valence electrons. The summed E-state index contributed by atoms with van der Waals surface area (Å²) >= 11 is 9.45. The minimum Gasteiger partial charge on any atom is -0.355 e. The molecule has 2 rings (SSSR count). The fourth-order valence-electron chi connectivity index (χ4n) is 1.93. The van der Waals surface area contributed by atoms with Gasteiger partial charge in [-0.2, -0.15) is 0 Å². The first-order valence-corrected chi connectivity index (χ1v) is 7.17. The molecule has 19 heavy (non-hydrogen) atoms. The second-order valence-electron chi connectivity index (χ2n) is 4.61. The van der Waals surface area contributed by atoms with Gasteiger partial charge in [0.15, 0.2) is 0 Å². The Kier molecular flexibility index (Phi) is 4.47. The summed E-state index contributed by atoms with van der Waals surface area (Å²) in [6, 6.07) is 3.58. The Hall–Kier alpha value is -1.07. The van der Waals surface area contributed by atoms with Crippen LogP contribution in [-0.2, 0) is 9.59 Å². The predicted octanol–water partition coefficient (Wildman–Crippen LogP) is 2.88. The van der Waals surface area contributed by atoms with Gasteiger partial charge in [-0.25, -0.2) is 0 Å². The van der Waals surface area contributed by atoms with Crippen LogP contribution < -0.4 is 10.6 Å². The average molecular weight is 346 g/mol. The lowest BCUT2D eigenvalue weighted by atomic mass is 9.98. The van der Waals surface area contributed by atoms with Crippen molar-refractivity contribution in [2.75, 3.05) is 11.9 Å². The Morgan fingerprint density at radius 3 is 2.89 bits per heavy atom. The topological polar surface area (TPSA) is 58.2 Å². The third-order valence-electron chi connectivity index (χ3n) is 3.14. The normalized spacial score (nSPS) is 18.9. The van der Waals surface area contributed by atoms with Gasteiger partial charge in [-0.15, -0.1) is 0 Å². The second kappa shape index (κ2) is 5.92. The molecular weight excluding hydrogens is 332 g/mol. The number of anilines is 1. The molecule has 1 atom stereocenters. The first-order valence-electron chi connectivity index (χ1n) is 6.00. The molecule has 2 amide bonds. The first-order chi connectivity index (χ1) is 8.97. The molecule has 0 aromatic heterocycles. The highest BCUT2D eigenvalue weighted by Crippen LogP contribution is 2.29. The van der Waals surface area contributed by atoms with Gasteiger partial charge in [0.25, 0.3) is 0 Å². The Balaban J connectivity index is 2.07. The maximum Gasteiger partial charge on any atom is 0.229 e. The van der Waals surface area contributed by atoms with Crippen LogP contribution in [0.5, 0.6) is 0 Å². The van der Waals surface area contributed by atoms with Crippen molar-refractivity contribution in [1.82, 2.24) is 5.32 Å². The molecule has 1 saturated heterocycles. The van der Waals surface area contributed by atoms with Gasteiger partial charge in [-0.3, -0.25) is 9.59 Å². The molecule has 6 heteroatoms. The minimum absolute atomic E-state index is 0.00334. The fraction of sp³-hybridized carbons (Fsp3) is 0.385. The summed E-state index contributed by atoms with van der Waals surface area (Å²) in [5, 5.41) is 6.14. The molecule has 0 saturated carbocycles. The summed E-state index contributed by atoms with van der Waals surface area (Å²) in [6.45, 7) is 2.29. The molecule has 1 aliphatic heterocycles. The van der Waals surface area contributed by atoms with Crippen molar-refractivity contribution in [1.29, 1.82) is 0 Å². The molecule has 1 aliphatic rings. The van der Waals surface area contributed by atoms with E-state index in [0.29, 0.717) is 30.1 Å². The number of nitrogens with one attached hydrogen (secondary N) is 2. The smallest absolute Gasteiger partial charge is 0.229 e. The zero-order valence-electron chi connectivity index (χ0n) is 10.4. The van der Waals surface area contributed by atoms with Crippen LogP contribution in [0.2, 0.25) is 5.02 Å². The van der Waals surface area contributed by atoms with Gasteiger partial charge in [0.05, 0.1) is 11.6 Å². The number of rotatable bonds is 2. The number of benzene rings is 1. The quantitative estimate of drug-likeness (QED) is 0.866. The summed E-state index contributed by atoms with van der Waals surface area (Å²) < 4.78 is 0.794. The van der Waals surface area contributed by atoms with Gasteiger partial charge in [0.1, 0.15) is 0 Å². The van der Waals surface area contributed by atoms with Crippen LogP contribution in [0.15, 0.2) is 16.6 Å². The lowest BCUT2D eigenvalue weighted by molar-refractivity contribution is -0.126. The largest absolute Gasteiger partial charge is 0.355 e. The van der Waals surface area contributed by atoms with Crippen molar-refractivity contribution in [3.8, 4) is 0 Å². The fourth-order valence-corrected chi connectivity index (χ4v) is 2.65. The van der Waals surface area contributed by atoms with E-state index in [1.165, 1.54) is 0 Å². The van der Waals surface area contributed by atoms with Crippen LogP contribution in [0.4, 0.5) is 5.69 Å². The van der Waals surface area contributed by atoms with E-state index in [0.717, 1.165) is 10.0 Å². The first kappa shape index (κ1) is 14.3. The van der Waals surface area contributed by atoms with Crippen LogP contribution in [0.3, 0.4) is 0 Å². The highest BCUT2D eigenvalue weighted by molar-refractivity contribution is 9.10. The highest BCUT2D eigenvalue weighted by Gasteiger charge is 2.24. The molecule has 4 nitrogen and oxygen atoms in total. The molecule has 1 unspecified atom stereocenters. The van der Waals surface area contributed by atoms with Crippen molar-refractivity contribution in [3.63, 3.8) is 0 Å². The Bertz CT molecular complexity index is 524. The number of aryl methyl sites for hydroxylation is 1. The van der Waals surface area contributed by atoms with E-state index in [2.05, 4.69) is 26.6 Å². The zero-order chi connectivity index (χ0) is 14.0. The minimum atomic E-state index is -0.190. The van der Waals surface area contributed by atoms with E-state index >= 15 is 0 Å². The van der Waals surface area contributed by atoms with E-state index in [-0.39, 0.29) is 17.7 Å². The monoisotopic (exact) mass is 344 g/mol. The maximum atomic E-state index is 12.1. The lowest BCUT2D eigenvalue weighted by Gasteiger charge is -2.22. The number of hydrogen-bond donors (Lipinski definition) is 2. The van der Waals surface area contributed by atoms with E-state index in [4.69, 9.17) is 11.6 Å². The number of hydrogen-bond acceptors (Lipinski definition) is 2. The summed E-state index contributed by atoms with van der Waals surface area (Å²) in [5.74, 6) is -0.283. The number of carbonyl (C=O) groups is 2. The average Bonchev–Trinajstić information content (AvgIpc) is 2.36. The van der Waals surface area contributed by atoms with Gasteiger partial charge < -0.3 is 10.6 Å². The molecule has 2 N–H and O–H groups in total. The standard InChI is InChI=1S/C13H14BrClN2O2/c1-7-4-9(14)11(5-10(7)15)17-13(19)8-2-3-12(18)16-6-8/h4-5,8H,2-3,6H2,1H3,(H,16,18)(H,17,19). The van der Waals surface area contributed by atoms with Gasteiger partial charge in [-0.05, 0) is 47.0 Å². The molecule has 1 aromatic carbocycles. The van der Waals surface area contributed by atoms with Crippen LogP contribution in [0.25, 0.3) is 0 Å². The number of carbonyl (C=O) groups excluding carboxylic acids is 2. The van der Waals surface area contributed by atoms with E-state index in [1.54, 1.807) is 6.07 Å². The molecule has 0 radical (unpaired) electrons. The van der Waals surface area contributed by atoms with Crippen LogP contribution >= 0.6 is 27.5 Å². The van der Waals surface area contributed by atoms with Crippen LogP contribution in [0, 0.1) is 12.8 Å². The predicted molar refractivity (Wildman–Crippen MR) is 78.3 cm³/mol. The molecule has 1 aromatic rings. The molecule has 0 bridgehead atoms. The second-order valence-corrected chi connectivity index (χ2v) is 5.87. The highest BCUT2D eigenvalue weighted by atomic mass is 79.9. The summed E-state index contributed by atoms with van der Waals surface area (Å²) in [7, 11) is 0. The summed E-state index contributed by atoms with van der Waals surface area (Å²) in [4.78, 5) is 23.2. The summed E-state index contributed by atoms with van der Waals surface area (Å²) in [5.41, 5.74) is 1.59. The third-order valence-corrected chi connectivity index (χ3v) is 4.21. The molecule has 1 heterocycles. The molecule has 1 fully saturated rings. The van der Waals surface area contributed by atoms with Gasteiger partial charge in [0, 0.05) is 22.5 Å². The maximum absolute atomic E-state index is 12.1. The third kappa shape index (κ3) is 3.48. The molecule has 0 spiro atoms. The number of halogens is 2. The van der Waals surface area contributed by atoms with Crippen molar-refractivity contribution in [2.45, 2.75) is 19.8 Å². The van der Waals surface area contributed by atoms with Crippen LogP contribution in [0.1, 0.15) is 18.4 Å². The van der Waals surface area contributed by atoms with Crippen molar-refractivity contribution in [2.24, 2.45) is 5.92 Å². The lowest BCUT2D eigenvalue weighted by Crippen LogP contribution is -2.40. The van der Waals surface area contributed by atoms with Gasteiger partial charge in [-0.1, -0.05) is 11.6 Å². The van der Waals surface area contributed by atoms with Crippen molar-refractivity contribution < 1.29 is 9.59 Å². The van der Waals surface area contributed by atoms with E-state index in [9.17, 15) is 9.59 Å². The van der Waals surface area contributed by atoms with Crippen molar-refractivity contribution in [3.05, 3.63) is 27.2 Å².